The van der Waals surface area contributed by atoms with Crippen LogP contribution in [-0.4, -0.2) is 71.1 Å². The SMILES string of the molecule is CN(C)C[C@H]1[C@H]2CN(C(=O)CCc3nc4ccccc4[nH]3)C[C@]23CC[C@H]1O3. The number of nitrogens with zero attached hydrogens (tertiary/aromatic N) is 3. The molecule has 4 atom stereocenters. The van der Waals surface area contributed by atoms with E-state index < -0.39 is 0 Å². The largest absolute Gasteiger partial charge is 0.369 e. The van der Waals surface area contributed by atoms with Gasteiger partial charge in [0.1, 0.15) is 5.82 Å². The Labute approximate surface area is 159 Å². The lowest BCUT2D eigenvalue weighted by atomic mass is 9.73. The van der Waals surface area contributed by atoms with Gasteiger partial charge in [0, 0.05) is 37.8 Å². The summed E-state index contributed by atoms with van der Waals surface area (Å²) in [6.45, 7) is 2.68. The van der Waals surface area contributed by atoms with Crippen molar-refractivity contribution in [3.05, 3.63) is 30.1 Å². The molecule has 1 N–H and O–H groups in total. The van der Waals surface area contributed by atoms with Gasteiger partial charge in [-0.25, -0.2) is 4.98 Å². The fraction of sp³-hybridized carbons (Fsp3) is 0.619. The lowest BCUT2D eigenvalue weighted by Crippen LogP contribution is -2.40. The van der Waals surface area contributed by atoms with Crippen LogP contribution in [0.25, 0.3) is 11.0 Å². The van der Waals surface area contributed by atoms with Gasteiger partial charge in [0.05, 0.1) is 29.3 Å². The molecule has 2 bridgehead atoms. The number of benzene rings is 1. The first-order valence-corrected chi connectivity index (χ1v) is 10.1. The Morgan fingerprint density at radius 3 is 3.07 bits per heavy atom. The molecule has 0 saturated carbocycles. The average molecular weight is 368 g/mol. The molecule has 0 unspecified atom stereocenters. The van der Waals surface area contributed by atoms with E-state index in [1.54, 1.807) is 0 Å². The number of para-hydroxylation sites is 2. The zero-order chi connectivity index (χ0) is 18.6. The fourth-order valence-electron chi connectivity index (χ4n) is 5.55. The molecular weight excluding hydrogens is 340 g/mol. The number of rotatable bonds is 5. The van der Waals surface area contributed by atoms with Gasteiger partial charge in [-0.1, -0.05) is 12.1 Å². The molecule has 3 aliphatic rings. The Balaban J connectivity index is 1.24. The number of carbonyl (C=O) groups excluding carboxylic acids is 1. The predicted molar refractivity (Wildman–Crippen MR) is 103 cm³/mol. The molecule has 3 saturated heterocycles. The van der Waals surface area contributed by atoms with Gasteiger partial charge >= 0.3 is 0 Å². The molecule has 0 radical (unpaired) electrons. The van der Waals surface area contributed by atoms with Crippen LogP contribution in [0.5, 0.6) is 0 Å². The third-order valence-corrected chi connectivity index (χ3v) is 6.73. The Hall–Kier alpha value is -1.92. The number of aromatic amines is 1. The first-order valence-electron chi connectivity index (χ1n) is 10.1. The highest BCUT2D eigenvalue weighted by molar-refractivity contribution is 5.78. The summed E-state index contributed by atoms with van der Waals surface area (Å²) in [4.78, 5) is 25.1. The zero-order valence-corrected chi connectivity index (χ0v) is 16.1. The summed E-state index contributed by atoms with van der Waals surface area (Å²) in [5.74, 6) is 2.18. The maximum absolute atomic E-state index is 12.9. The first kappa shape index (κ1) is 17.2. The lowest BCUT2D eigenvalue weighted by Gasteiger charge is -2.30. The predicted octanol–water partition coefficient (Wildman–Crippen LogP) is 2.06. The Bertz CT molecular complexity index is 830. The van der Waals surface area contributed by atoms with Crippen molar-refractivity contribution in [2.45, 2.75) is 37.4 Å². The number of amides is 1. The number of likely N-dealkylation sites (tertiary alicyclic amines) is 1. The molecule has 4 heterocycles. The van der Waals surface area contributed by atoms with Gasteiger partial charge in [-0.2, -0.15) is 0 Å². The number of hydrogen-bond acceptors (Lipinski definition) is 4. The van der Waals surface area contributed by atoms with Gasteiger partial charge in [-0.3, -0.25) is 4.79 Å². The average Bonchev–Trinajstić information content (AvgIpc) is 3.38. The van der Waals surface area contributed by atoms with Crippen LogP contribution >= 0.6 is 0 Å². The number of fused-ring (bicyclic) bond motifs is 2. The number of carbonyl (C=O) groups is 1. The van der Waals surface area contributed by atoms with Gasteiger partial charge < -0.3 is 19.5 Å². The van der Waals surface area contributed by atoms with Gasteiger partial charge in [-0.15, -0.1) is 0 Å². The summed E-state index contributed by atoms with van der Waals surface area (Å²) >= 11 is 0. The second-order valence-corrected chi connectivity index (χ2v) is 8.77. The van der Waals surface area contributed by atoms with E-state index in [-0.39, 0.29) is 11.5 Å². The van der Waals surface area contributed by atoms with E-state index in [9.17, 15) is 4.79 Å². The van der Waals surface area contributed by atoms with Gasteiger partial charge in [0.25, 0.3) is 0 Å². The molecule has 3 aliphatic heterocycles. The third-order valence-electron chi connectivity index (χ3n) is 6.73. The van der Waals surface area contributed by atoms with Crippen molar-refractivity contribution in [3.8, 4) is 0 Å². The normalized spacial score (nSPS) is 32.0. The van der Waals surface area contributed by atoms with Crippen molar-refractivity contribution in [3.63, 3.8) is 0 Å². The molecule has 144 valence electrons. The monoisotopic (exact) mass is 368 g/mol. The molecule has 6 nitrogen and oxygen atoms in total. The zero-order valence-electron chi connectivity index (χ0n) is 16.1. The second-order valence-electron chi connectivity index (χ2n) is 8.77. The number of aromatic nitrogens is 2. The summed E-state index contributed by atoms with van der Waals surface area (Å²) in [7, 11) is 4.26. The first-order chi connectivity index (χ1) is 13.0. The van der Waals surface area contributed by atoms with Crippen molar-refractivity contribution >= 4 is 16.9 Å². The van der Waals surface area contributed by atoms with Crippen molar-refractivity contribution < 1.29 is 9.53 Å². The summed E-state index contributed by atoms with van der Waals surface area (Å²) < 4.78 is 6.44. The Morgan fingerprint density at radius 1 is 1.41 bits per heavy atom. The minimum absolute atomic E-state index is 0.0691. The van der Waals surface area contributed by atoms with Crippen LogP contribution in [0.2, 0.25) is 0 Å². The molecule has 3 fully saturated rings. The van der Waals surface area contributed by atoms with Crippen molar-refractivity contribution in [1.82, 2.24) is 19.8 Å². The molecule has 1 spiro atoms. The number of H-pyrrole nitrogens is 1. The van der Waals surface area contributed by atoms with Crippen molar-refractivity contribution in [1.29, 1.82) is 0 Å². The quantitative estimate of drug-likeness (QED) is 0.878. The van der Waals surface area contributed by atoms with Gasteiger partial charge in [0.15, 0.2) is 0 Å². The summed E-state index contributed by atoms with van der Waals surface area (Å²) in [6, 6.07) is 8.00. The molecule has 1 amide bonds. The molecule has 27 heavy (non-hydrogen) atoms. The van der Waals surface area contributed by atoms with Gasteiger partial charge in [0.2, 0.25) is 5.91 Å². The highest BCUT2D eigenvalue weighted by Crippen LogP contribution is 2.54. The number of nitrogens with one attached hydrogen (secondary N) is 1. The van der Waals surface area contributed by atoms with Crippen molar-refractivity contribution in [2.24, 2.45) is 11.8 Å². The summed E-state index contributed by atoms with van der Waals surface area (Å²) in [6.07, 6.45) is 3.82. The fourth-order valence-corrected chi connectivity index (χ4v) is 5.55. The van der Waals surface area contributed by atoms with E-state index in [1.807, 2.05) is 24.3 Å². The summed E-state index contributed by atoms with van der Waals surface area (Å²) in [5.41, 5.74) is 1.93. The molecule has 5 rings (SSSR count). The van der Waals surface area contributed by atoms with E-state index in [0.717, 1.165) is 49.3 Å². The maximum atomic E-state index is 12.9. The molecule has 1 aromatic heterocycles. The lowest BCUT2D eigenvalue weighted by molar-refractivity contribution is -0.131. The number of ether oxygens (including phenoxy) is 1. The van der Waals surface area contributed by atoms with Crippen LogP contribution in [0.15, 0.2) is 24.3 Å². The minimum atomic E-state index is -0.0691. The molecule has 6 heteroatoms. The van der Waals surface area contributed by atoms with E-state index in [2.05, 4.69) is 33.9 Å². The highest BCUT2D eigenvalue weighted by Gasteiger charge is 2.63. The van der Waals surface area contributed by atoms with Crippen LogP contribution in [0, 0.1) is 11.8 Å². The molecular formula is C21H28N4O2. The molecule has 0 aliphatic carbocycles. The van der Waals surface area contributed by atoms with E-state index >= 15 is 0 Å². The third kappa shape index (κ3) is 2.86. The van der Waals surface area contributed by atoms with Crippen LogP contribution in [0.1, 0.15) is 25.1 Å². The van der Waals surface area contributed by atoms with E-state index in [4.69, 9.17) is 4.74 Å². The maximum Gasteiger partial charge on any atom is 0.223 e. The Morgan fingerprint density at radius 2 is 2.26 bits per heavy atom. The van der Waals surface area contributed by atoms with Crippen LogP contribution < -0.4 is 0 Å². The Kier molecular flexibility index (Phi) is 4.02. The highest BCUT2D eigenvalue weighted by atomic mass is 16.5. The van der Waals surface area contributed by atoms with Gasteiger partial charge in [-0.05, 0) is 39.1 Å². The minimum Gasteiger partial charge on any atom is -0.369 e. The van der Waals surface area contributed by atoms with Crippen LogP contribution in [0.4, 0.5) is 0 Å². The van der Waals surface area contributed by atoms with Crippen molar-refractivity contribution in [2.75, 3.05) is 33.7 Å². The number of aryl methyl sites for hydroxylation is 1. The van der Waals surface area contributed by atoms with Crippen LogP contribution in [-0.2, 0) is 16.0 Å². The van der Waals surface area contributed by atoms with E-state index in [1.165, 1.54) is 0 Å². The standard InChI is InChI=1S/C21H28N4O2/c1-24(2)11-14-15-12-25(13-21(15)10-9-18(14)27-21)20(26)8-7-19-22-16-5-3-4-6-17(16)23-19/h3-6,14-15,18H,7-13H2,1-2H3,(H,22,23)/t14-,15+,18+,21+/m0/s1. The topological polar surface area (TPSA) is 61.5 Å². The number of hydrogen-bond donors (Lipinski definition) is 1. The van der Waals surface area contributed by atoms with Crippen LogP contribution in [0.3, 0.4) is 0 Å². The molecule has 2 aromatic rings. The second kappa shape index (κ2) is 6.31. The van der Waals surface area contributed by atoms with E-state index in [0.29, 0.717) is 30.8 Å². The number of imidazole rings is 1. The summed E-state index contributed by atoms with van der Waals surface area (Å²) in [5, 5.41) is 0. The smallest absolute Gasteiger partial charge is 0.223 e. The molecule has 1 aromatic carbocycles.